The smallest absolute Gasteiger partial charge is 0.353 e. The molecule has 0 fully saturated rings. The fourth-order valence-corrected chi connectivity index (χ4v) is 1.47. The van der Waals surface area contributed by atoms with Crippen molar-refractivity contribution in [2.45, 2.75) is 6.54 Å². The van der Waals surface area contributed by atoms with Crippen LogP contribution in [0.1, 0.15) is 5.76 Å². The summed E-state index contributed by atoms with van der Waals surface area (Å²) in [5.74, 6) is 0.659. The van der Waals surface area contributed by atoms with Crippen LogP contribution in [-0.4, -0.2) is 21.9 Å². The zero-order valence-electron chi connectivity index (χ0n) is 10.1. The second kappa shape index (κ2) is 5.21. The molecular formula is C10H12N6O3. The quantitative estimate of drug-likeness (QED) is 0.542. The number of hydrogen-bond donors (Lipinski definition) is 3. The molecule has 9 nitrogen and oxygen atoms in total. The van der Waals surface area contributed by atoms with Crippen LogP contribution in [0.2, 0.25) is 0 Å². The maximum atomic E-state index is 11.0. The summed E-state index contributed by atoms with van der Waals surface area (Å²) >= 11 is 0. The highest BCUT2D eigenvalue weighted by atomic mass is 16.6. The number of nitrogens with two attached hydrogens (primary N) is 1. The van der Waals surface area contributed by atoms with Crippen LogP contribution in [0.4, 0.5) is 23.3 Å². The zero-order valence-corrected chi connectivity index (χ0v) is 10.1. The molecule has 2 heterocycles. The molecule has 0 bridgehead atoms. The van der Waals surface area contributed by atoms with Crippen molar-refractivity contribution in [2.24, 2.45) is 0 Å². The molecule has 0 spiro atoms. The highest BCUT2D eigenvalue weighted by Crippen LogP contribution is 2.29. The maximum Gasteiger partial charge on any atom is 0.353 e. The van der Waals surface area contributed by atoms with E-state index in [1.54, 1.807) is 19.2 Å². The lowest BCUT2D eigenvalue weighted by Gasteiger charge is -2.08. The van der Waals surface area contributed by atoms with Crippen molar-refractivity contribution in [3.63, 3.8) is 0 Å². The third-order valence-corrected chi connectivity index (χ3v) is 2.33. The van der Waals surface area contributed by atoms with Crippen LogP contribution in [-0.2, 0) is 6.54 Å². The van der Waals surface area contributed by atoms with E-state index in [1.807, 2.05) is 0 Å². The summed E-state index contributed by atoms with van der Waals surface area (Å²) in [5.41, 5.74) is 5.20. The first kappa shape index (κ1) is 12.6. The van der Waals surface area contributed by atoms with Gasteiger partial charge in [-0.3, -0.25) is 10.1 Å². The van der Waals surface area contributed by atoms with Gasteiger partial charge in [0.25, 0.3) is 0 Å². The van der Waals surface area contributed by atoms with Crippen molar-refractivity contribution in [3.05, 3.63) is 34.3 Å². The third-order valence-electron chi connectivity index (χ3n) is 2.33. The zero-order chi connectivity index (χ0) is 13.8. The SMILES string of the molecule is CNc1nc(N)c([N+](=O)[O-])c(NCc2ccco2)n1. The summed E-state index contributed by atoms with van der Waals surface area (Å²) in [6.07, 6.45) is 1.51. The van der Waals surface area contributed by atoms with E-state index >= 15 is 0 Å². The van der Waals surface area contributed by atoms with Gasteiger partial charge in [-0.05, 0) is 12.1 Å². The molecule has 0 unspecified atom stereocenters. The number of furan rings is 1. The van der Waals surface area contributed by atoms with Gasteiger partial charge in [-0.15, -0.1) is 0 Å². The Bertz CT molecular complexity index is 583. The molecule has 2 aromatic rings. The lowest BCUT2D eigenvalue weighted by Crippen LogP contribution is -2.10. The first-order valence-electron chi connectivity index (χ1n) is 5.37. The normalized spacial score (nSPS) is 10.2. The predicted molar refractivity (Wildman–Crippen MR) is 68.7 cm³/mol. The number of nitrogens with zero attached hydrogens (tertiary/aromatic N) is 3. The van der Waals surface area contributed by atoms with Crippen LogP contribution < -0.4 is 16.4 Å². The van der Waals surface area contributed by atoms with E-state index in [0.717, 1.165) is 0 Å². The van der Waals surface area contributed by atoms with Gasteiger partial charge in [0.05, 0.1) is 17.7 Å². The van der Waals surface area contributed by atoms with E-state index in [-0.39, 0.29) is 29.8 Å². The van der Waals surface area contributed by atoms with E-state index < -0.39 is 4.92 Å². The summed E-state index contributed by atoms with van der Waals surface area (Å²) in [7, 11) is 1.59. The highest BCUT2D eigenvalue weighted by Gasteiger charge is 2.22. The summed E-state index contributed by atoms with van der Waals surface area (Å²) in [6.45, 7) is 0.257. The van der Waals surface area contributed by atoms with Crippen LogP contribution in [0.3, 0.4) is 0 Å². The van der Waals surface area contributed by atoms with Gasteiger partial charge in [0.15, 0.2) is 0 Å². The van der Waals surface area contributed by atoms with E-state index in [1.165, 1.54) is 6.26 Å². The van der Waals surface area contributed by atoms with Crippen LogP contribution in [0, 0.1) is 10.1 Å². The molecule has 0 saturated heterocycles. The molecule has 19 heavy (non-hydrogen) atoms. The van der Waals surface area contributed by atoms with Crippen molar-refractivity contribution in [3.8, 4) is 0 Å². The summed E-state index contributed by atoms with van der Waals surface area (Å²) in [5, 5.41) is 16.5. The van der Waals surface area contributed by atoms with E-state index in [0.29, 0.717) is 5.76 Å². The molecule has 0 atom stereocenters. The molecule has 2 aromatic heterocycles. The molecule has 0 amide bonds. The Morgan fingerprint density at radius 1 is 1.53 bits per heavy atom. The average molecular weight is 264 g/mol. The Kier molecular flexibility index (Phi) is 3.46. The second-order valence-corrected chi connectivity index (χ2v) is 3.57. The van der Waals surface area contributed by atoms with Gasteiger partial charge in [-0.25, -0.2) is 0 Å². The van der Waals surface area contributed by atoms with Crippen molar-refractivity contribution < 1.29 is 9.34 Å². The Labute approximate surface area is 108 Å². The van der Waals surface area contributed by atoms with Gasteiger partial charge >= 0.3 is 5.69 Å². The molecule has 4 N–H and O–H groups in total. The number of nitro groups is 1. The minimum absolute atomic E-state index is 0.0400. The maximum absolute atomic E-state index is 11.0. The first-order chi connectivity index (χ1) is 9.11. The summed E-state index contributed by atoms with van der Waals surface area (Å²) in [4.78, 5) is 18.1. The lowest BCUT2D eigenvalue weighted by atomic mass is 10.4. The van der Waals surface area contributed by atoms with Crippen molar-refractivity contribution >= 4 is 23.3 Å². The van der Waals surface area contributed by atoms with E-state index in [2.05, 4.69) is 20.6 Å². The number of nitrogen functional groups attached to an aromatic ring is 1. The summed E-state index contributed by atoms with van der Waals surface area (Å²) < 4.78 is 5.12. The Balaban J connectivity index is 2.30. The fourth-order valence-electron chi connectivity index (χ4n) is 1.47. The van der Waals surface area contributed by atoms with Gasteiger partial charge in [0, 0.05) is 7.05 Å². The summed E-state index contributed by atoms with van der Waals surface area (Å²) in [6, 6.07) is 3.46. The first-order valence-corrected chi connectivity index (χ1v) is 5.37. The number of nitrogens with one attached hydrogen (secondary N) is 2. The van der Waals surface area contributed by atoms with Crippen LogP contribution >= 0.6 is 0 Å². The highest BCUT2D eigenvalue weighted by molar-refractivity contribution is 5.69. The predicted octanol–water partition coefficient (Wildman–Crippen LogP) is 1.21. The monoisotopic (exact) mass is 264 g/mol. The molecule has 0 radical (unpaired) electrons. The number of rotatable bonds is 5. The molecule has 0 aliphatic carbocycles. The third kappa shape index (κ3) is 2.70. The minimum atomic E-state index is -0.626. The van der Waals surface area contributed by atoms with Crippen LogP contribution in [0.15, 0.2) is 22.8 Å². The average Bonchev–Trinajstić information content (AvgIpc) is 2.88. The fraction of sp³-hybridized carbons (Fsp3) is 0.200. The molecule has 0 aromatic carbocycles. The van der Waals surface area contributed by atoms with Gasteiger partial charge in [-0.1, -0.05) is 0 Å². The Morgan fingerprint density at radius 3 is 2.89 bits per heavy atom. The van der Waals surface area contributed by atoms with Crippen molar-refractivity contribution in [1.82, 2.24) is 9.97 Å². The molecule has 2 rings (SSSR count). The number of hydrogen-bond acceptors (Lipinski definition) is 8. The Morgan fingerprint density at radius 2 is 2.32 bits per heavy atom. The number of anilines is 3. The minimum Gasteiger partial charge on any atom is -0.467 e. The molecule has 0 aliphatic heterocycles. The Hall–Kier alpha value is -2.84. The molecule has 9 heteroatoms. The molecule has 0 saturated carbocycles. The van der Waals surface area contributed by atoms with Crippen LogP contribution in [0.25, 0.3) is 0 Å². The van der Waals surface area contributed by atoms with E-state index in [9.17, 15) is 10.1 Å². The topological polar surface area (TPSA) is 132 Å². The van der Waals surface area contributed by atoms with Gasteiger partial charge in [-0.2, -0.15) is 9.97 Å². The molecule has 0 aliphatic rings. The van der Waals surface area contributed by atoms with Crippen LogP contribution in [0.5, 0.6) is 0 Å². The lowest BCUT2D eigenvalue weighted by molar-refractivity contribution is -0.383. The van der Waals surface area contributed by atoms with Gasteiger partial charge in [0.1, 0.15) is 5.76 Å². The van der Waals surface area contributed by atoms with E-state index in [4.69, 9.17) is 10.2 Å². The standard InChI is InChI=1S/C10H12N6O3/c1-12-10-14-8(11)7(16(17)18)9(15-10)13-5-6-3-2-4-19-6/h2-4H,5H2,1H3,(H4,11,12,13,14,15). The largest absolute Gasteiger partial charge is 0.467 e. The molecule has 100 valence electrons. The van der Waals surface area contributed by atoms with Gasteiger partial charge < -0.3 is 20.8 Å². The van der Waals surface area contributed by atoms with Crippen molar-refractivity contribution in [2.75, 3.05) is 23.4 Å². The van der Waals surface area contributed by atoms with Gasteiger partial charge in [0.2, 0.25) is 17.6 Å². The number of aromatic nitrogens is 2. The molecular weight excluding hydrogens is 252 g/mol. The second-order valence-electron chi connectivity index (χ2n) is 3.57. The van der Waals surface area contributed by atoms with Crippen molar-refractivity contribution in [1.29, 1.82) is 0 Å².